The SMILES string of the molecule is Cc1ccc(S(=O)(=O)N2CCN(C(=O)C(C)(C)c3ccccc3)CC2)c(C)c1. The molecule has 1 fully saturated rings. The summed E-state index contributed by atoms with van der Waals surface area (Å²) in [6.07, 6.45) is 0. The number of carbonyl (C=O) groups is 1. The lowest BCUT2D eigenvalue weighted by atomic mass is 9.83. The Labute approximate surface area is 168 Å². The molecule has 1 amide bonds. The minimum Gasteiger partial charge on any atom is -0.339 e. The van der Waals surface area contributed by atoms with Gasteiger partial charge in [0.25, 0.3) is 0 Å². The van der Waals surface area contributed by atoms with Gasteiger partial charge >= 0.3 is 0 Å². The molecule has 0 unspecified atom stereocenters. The van der Waals surface area contributed by atoms with Gasteiger partial charge in [-0.25, -0.2) is 8.42 Å². The molecule has 5 nitrogen and oxygen atoms in total. The van der Waals surface area contributed by atoms with Crippen LogP contribution in [0.3, 0.4) is 0 Å². The minimum atomic E-state index is -3.55. The fourth-order valence-corrected chi connectivity index (χ4v) is 5.36. The average molecular weight is 401 g/mol. The molecule has 1 saturated heterocycles. The van der Waals surface area contributed by atoms with Crippen molar-refractivity contribution in [3.8, 4) is 0 Å². The van der Waals surface area contributed by atoms with Gasteiger partial charge in [-0.2, -0.15) is 4.31 Å². The second kappa shape index (κ2) is 7.68. The van der Waals surface area contributed by atoms with Crippen LogP contribution in [-0.4, -0.2) is 49.7 Å². The Balaban J connectivity index is 1.73. The van der Waals surface area contributed by atoms with E-state index in [4.69, 9.17) is 0 Å². The molecule has 2 aromatic carbocycles. The molecule has 0 atom stereocenters. The van der Waals surface area contributed by atoms with E-state index in [0.717, 1.165) is 16.7 Å². The van der Waals surface area contributed by atoms with E-state index >= 15 is 0 Å². The molecular formula is C22H28N2O3S. The predicted molar refractivity (Wildman–Crippen MR) is 111 cm³/mol. The summed E-state index contributed by atoms with van der Waals surface area (Å²) in [7, 11) is -3.55. The highest BCUT2D eigenvalue weighted by atomic mass is 32.2. The van der Waals surface area contributed by atoms with Crippen LogP contribution in [0.1, 0.15) is 30.5 Å². The maximum absolute atomic E-state index is 13.1. The molecule has 0 saturated carbocycles. The number of hydrogen-bond acceptors (Lipinski definition) is 3. The summed E-state index contributed by atoms with van der Waals surface area (Å²) in [5, 5.41) is 0. The zero-order valence-electron chi connectivity index (χ0n) is 17.0. The number of nitrogens with zero attached hydrogens (tertiary/aromatic N) is 2. The molecule has 150 valence electrons. The van der Waals surface area contributed by atoms with Gasteiger partial charge < -0.3 is 4.90 Å². The highest BCUT2D eigenvalue weighted by molar-refractivity contribution is 7.89. The monoisotopic (exact) mass is 400 g/mol. The highest BCUT2D eigenvalue weighted by Crippen LogP contribution is 2.27. The fourth-order valence-electron chi connectivity index (χ4n) is 3.73. The largest absolute Gasteiger partial charge is 0.339 e. The Morgan fingerprint density at radius 2 is 1.54 bits per heavy atom. The smallest absolute Gasteiger partial charge is 0.243 e. The summed E-state index contributed by atoms with van der Waals surface area (Å²) in [4.78, 5) is 15.2. The van der Waals surface area contributed by atoms with Crippen LogP contribution in [0.25, 0.3) is 0 Å². The third-order valence-corrected chi connectivity index (χ3v) is 7.56. The van der Waals surface area contributed by atoms with E-state index in [1.54, 1.807) is 11.0 Å². The van der Waals surface area contributed by atoms with E-state index in [9.17, 15) is 13.2 Å². The second-order valence-electron chi connectivity index (χ2n) is 7.96. The number of piperazine rings is 1. The Morgan fingerprint density at radius 1 is 0.929 bits per heavy atom. The number of rotatable bonds is 4. The summed E-state index contributed by atoms with van der Waals surface area (Å²) in [6.45, 7) is 9.04. The first-order valence-corrected chi connectivity index (χ1v) is 11.0. The fraction of sp³-hybridized carbons (Fsp3) is 0.409. The molecule has 0 aliphatic carbocycles. The van der Waals surface area contributed by atoms with Crippen LogP contribution < -0.4 is 0 Å². The van der Waals surface area contributed by atoms with Crippen molar-refractivity contribution in [3.05, 3.63) is 65.2 Å². The van der Waals surface area contributed by atoms with Gasteiger partial charge in [-0.05, 0) is 44.9 Å². The number of aryl methyl sites for hydroxylation is 2. The zero-order valence-corrected chi connectivity index (χ0v) is 17.8. The number of amides is 1. The van der Waals surface area contributed by atoms with E-state index in [-0.39, 0.29) is 5.91 Å². The summed E-state index contributed by atoms with van der Waals surface area (Å²) < 4.78 is 27.6. The van der Waals surface area contributed by atoms with Crippen LogP contribution >= 0.6 is 0 Å². The van der Waals surface area contributed by atoms with Crippen LogP contribution in [0.2, 0.25) is 0 Å². The summed E-state index contributed by atoms with van der Waals surface area (Å²) in [5.74, 6) is 0.0299. The Morgan fingerprint density at radius 3 is 2.11 bits per heavy atom. The molecule has 0 N–H and O–H groups in total. The summed E-state index contributed by atoms with van der Waals surface area (Å²) >= 11 is 0. The van der Waals surface area contributed by atoms with E-state index in [2.05, 4.69) is 0 Å². The summed E-state index contributed by atoms with van der Waals surface area (Å²) in [6, 6.07) is 15.1. The second-order valence-corrected chi connectivity index (χ2v) is 9.86. The van der Waals surface area contributed by atoms with Crippen molar-refractivity contribution in [2.75, 3.05) is 26.2 Å². The molecule has 1 heterocycles. The summed E-state index contributed by atoms with van der Waals surface area (Å²) in [5.41, 5.74) is 2.11. The molecule has 28 heavy (non-hydrogen) atoms. The molecule has 6 heteroatoms. The van der Waals surface area contributed by atoms with Crippen LogP contribution in [0.4, 0.5) is 0 Å². The first-order valence-electron chi connectivity index (χ1n) is 9.56. The van der Waals surface area contributed by atoms with Crippen molar-refractivity contribution in [3.63, 3.8) is 0 Å². The normalized spacial score (nSPS) is 16.2. The highest BCUT2D eigenvalue weighted by Gasteiger charge is 2.37. The lowest BCUT2D eigenvalue weighted by molar-refractivity contribution is -0.137. The number of carbonyl (C=O) groups excluding carboxylic acids is 1. The van der Waals surface area contributed by atoms with Gasteiger partial charge in [0.1, 0.15) is 0 Å². The van der Waals surface area contributed by atoms with Crippen molar-refractivity contribution >= 4 is 15.9 Å². The number of hydrogen-bond donors (Lipinski definition) is 0. The van der Waals surface area contributed by atoms with Crippen molar-refractivity contribution in [1.29, 1.82) is 0 Å². The average Bonchev–Trinajstić information content (AvgIpc) is 2.68. The first-order chi connectivity index (χ1) is 13.1. The van der Waals surface area contributed by atoms with Gasteiger partial charge in [0.05, 0.1) is 10.3 Å². The Bertz CT molecular complexity index is 961. The lowest BCUT2D eigenvalue weighted by Crippen LogP contribution is -2.54. The van der Waals surface area contributed by atoms with Crippen LogP contribution in [0, 0.1) is 13.8 Å². The Hall–Kier alpha value is -2.18. The Kier molecular flexibility index (Phi) is 5.64. The van der Waals surface area contributed by atoms with E-state index in [0.29, 0.717) is 31.1 Å². The molecule has 0 aromatic heterocycles. The van der Waals surface area contributed by atoms with E-state index < -0.39 is 15.4 Å². The molecule has 0 spiro atoms. The van der Waals surface area contributed by atoms with Gasteiger partial charge in [-0.3, -0.25) is 4.79 Å². The number of sulfonamides is 1. The first kappa shape index (κ1) is 20.6. The van der Waals surface area contributed by atoms with Gasteiger partial charge in [0.15, 0.2) is 0 Å². The maximum Gasteiger partial charge on any atom is 0.243 e. The molecule has 0 bridgehead atoms. The molecular weight excluding hydrogens is 372 g/mol. The van der Waals surface area contributed by atoms with Gasteiger partial charge in [0, 0.05) is 26.2 Å². The van der Waals surface area contributed by atoms with Crippen molar-refractivity contribution in [2.24, 2.45) is 0 Å². The van der Waals surface area contributed by atoms with Crippen LogP contribution in [0.15, 0.2) is 53.4 Å². The maximum atomic E-state index is 13.1. The predicted octanol–water partition coefficient (Wildman–Crippen LogP) is 3.11. The molecule has 2 aromatic rings. The third-order valence-electron chi connectivity index (χ3n) is 5.50. The van der Waals surface area contributed by atoms with Crippen molar-refractivity contribution < 1.29 is 13.2 Å². The third kappa shape index (κ3) is 3.84. The van der Waals surface area contributed by atoms with E-state index in [1.165, 1.54) is 4.31 Å². The molecule has 0 radical (unpaired) electrons. The minimum absolute atomic E-state index is 0.0299. The molecule has 1 aliphatic rings. The van der Waals surface area contributed by atoms with Gasteiger partial charge in [-0.15, -0.1) is 0 Å². The lowest BCUT2D eigenvalue weighted by Gasteiger charge is -2.38. The quantitative estimate of drug-likeness (QED) is 0.792. The zero-order chi connectivity index (χ0) is 20.5. The van der Waals surface area contributed by atoms with Gasteiger partial charge in [-0.1, -0.05) is 48.0 Å². The van der Waals surface area contributed by atoms with Crippen LogP contribution in [0.5, 0.6) is 0 Å². The van der Waals surface area contributed by atoms with Gasteiger partial charge in [0.2, 0.25) is 15.9 Å². The van der Waals surface area contributed by atoms with Crippen molar-refractivity contribution in [1.82, 2.24) is 9.21 Å². The van der Waals surface area contributed by atoms with Crippen LogP contribution in [-0.2, 0) is 20.2 Å². The molecule has 3 rings (SSSR count). The molecule has 1 aliphatic heterocycles. The van der Waals surface area contributed by atoms with E-state index in [1.807, 2.05) is 70.2 Å². The topological polar surface area (TPSA) is 57.7 Å². The number of benzene rings is 2. The standard InChI is InChI=1S/C22H28N2O3S/c1-17-10-11-20(18(2)16-17)28(26,27)24-14-12-23(13-15-24)21(25)22(3,4)19-8-6-5-7-9-19/h5-11,16H,12-15H2,1-4H3. The van der Waals surface area contributed by atoms with Crippen molar-refractivity contribution in [2.45, 2.75) is 38.0 Å².